The summed E-state index contributed by atoms with van der Waals surface area (Å²) in [4.78, 5) is 0. The van der Waals surface area contributed by atoms with Crippen LogP contribution in [0, 0.1) is 0 Å². The highest BCUT2D eigenvalue weighted by Crippen LogP contribution is 2.22. The number of fused-ring (bicyclic) bond motifs is 1. The number of aromatic nitrogens is 1. The second kappa shape index (κ2) is 3.99. The molecular weight excluding hydrogens is 208 g/mol. The molecule has 1 heterocycles. The van der Waals surface area contributed by atoms with E-state index >= 15 is 0 Å². The molecule has 15 heavy (non-hydrogen) atoms. The number of hydrogen-bond donors (Lipinski definition) is 1. The average molecular weight is 221 g/mol. The van der Waals surface area contributed by atoms with Gasteiger partial charge in [-0.1, -0.05) is 17.7 Å². The molecule has 0 radical (unpaired) electrons. The van der Waals surface area contributed by atoms with E-state index in [9.17, 15) is 0 Å². The smallest absolute Gasteiger partial charge is 0.0504 e. The predicted molar refractivity (Wildman–Crippen MR) is 66.0 cm³/mol. The number of rotatable bonds is 2. The summed E-state index contributed by atoms with van der Waals surface area (Å²) in [5.74, 6) is 0. The van der Waals surface area contributed by atoms with Gasteiger partial charge < -0.3 is 10.3 Å². The van der Waals surface area contributed by atoms with Gasteiger partial charge in [-0.2, -0.15) is 0 Å². The Labute approximate surface area is 93.9 Å². The zero-order chi connectivity index (χ0) is 10.8. The third kappa shape index (κ3) is 1.85. The minimum Gasteiger partial charge on any atom is -0.398 e. The molecular formula is C12H13ClN2. The zero-order valence-corrected chi connectivity index (χ0v) is 9.33. The van der Waals surface area contributed by atoms with Crippen LogP contribution >= 0.6 is 11.6 Å². The lowest BCUT2D eigenvalue weighted by Gasteiger charge is -2.05. The first-order chi connectivity index (χ1) is 7.22. The third-order valence-corrected chi connectivity index (χ3v) is 2.83. The van der Waals surface area contributed by atoms with Crippen molar-refractivity contribution in [2.75, 3.05) is 5.73 Å². The van der Waals surface area contributed by atoms with Crippen molar-refractivity contribution in [2.24, 2.45) is 0 Å². The SMILES string of the molecule is C/C(=C\Cl)Cn1ccc2c(N)cccc21. The molecule has 3 heteroatoms. The van der Waals surface area contributed by atoms with Gasteiger partial charge in [-0.25, -0.2) is 0 Å². The van der Waals surface area contributed by atoms with Gasteiger partial charge in [0.2, 0.25) is 0 Å². The van der Waals surface area contributed by atoms with Crippen LogP contribution < -0.4 is 5.73 Å². The maximum atomic E-state index is 5.88. The maximum absolute atomic E-state index is 5.88. The normalized spacial score (nSPS) is 12.3. The molecule has 78 valence electrons. The molecule has 2 rings (SSSR count). The topological polar surface area (TPSA) is 30.9 Å². The van der Waals surface area contributed by atoms with Crippen LogP contribution in [0.5, 0.6) is 0 Å². The van der Waals surface area contributed by atoms with Crippen molar-refractivity contribution in [3.05, 3.63) is 41.6 Å². The Morgan fingerprint density at radius 1 is 1.47 bits per heavy atom. The number of allylic oxidation sites excluding steroid dienone is 1. The lowest BCUT2D eigenvalue weighted by Crippen LogP contribution is -1.96. The van der Waals surface area contributed by atoms with E-state index in [1.54, 1.807) is 5.54 Å². The molecule has 0 fully saturated rings. The number of hydrogen-bond acceptors (Lipinski definition) is 1. The number of nitrogens with zero attached hydrogens (tertiary/aromatic N) is 1. The second-order valence-corrected chi connectivity index (χ2v) is 3.90. The van der Waals surface area contributed by atoms with Crippen molar-refractivity contribution in [2.45, 2.75) is 13.5 Å². The van der Waals surface area contributed by atoms with Gasteiger partial charge in [-0.3, -0.25) is 0 Å². The highest BCUT2D eigenvalue weighted by Gasteiger charge is 2.02. The van der Waals surface area contributed by atoms with E-state index in [0.717, 1.165) is 28.7 Å². The fourth-order valence-electron chi connectivity index (χ4n) is 1.69. The van der Waals surface area contributed by atoms with E-state index in [4.69, 9.17) is 17.3 Å². The number of nitrogen functional groups attached to an aromatic ring is 1. The molecule has 0 aliphatic heterocycles. The van der Waals surface area contributed by atoms with Crippen molar-refractivity contribution in [3.8, 4) is 0 Å². The summed E-state index contributed by atoms with van der Waals surface area (Å²) in [6, 6.07) is 7.98. The van der Waals surface area contributed by atoms with Crippen LogP contribution in [0.15, 0.2) is 41.6 Å². The number of benzene rings is 1. The van der Waals surface area contributed by atoms with Gasteiger partial charge in [0.1, 0.15) is 0 Å². The van der Waals surface area contributed by atoms with Crippen LogP contribution in [0.2, 0.25) is 0 Å². The Kier molecular flexibility index (Phi) is 2.69. The van der Waals surface area contributed by atoms with E-state index in [-0.39, 0.29) is 0 Å². The van der Waals surface area contributed by atoms with Crippen molar-refractivity contribution < 1.29 is 0 Å². The Hall–Kier alpha value is -1.41. The highest BCUT2D eigenvalue weighted by molar-refractivity contribution is 6.25. The molecule has 0 unspecified atom stereocenters. The maximum Gasteiger partial charge on any atom is 0.0504 e. The molecule has 2 nitrogen and oxygen atoms in total. The van der Waals surface area contributed by atoms with Crippen LogP contribution in [0.3, 0.4) is 0 Å². The summed E-state index contributed by atoms with van der Waals surface area (Å²) < 4.78 is 2.14. The molecule has 0 amide bonds. The van der Waals surface area contributed by atoms with Gasteiger partial charge in [-0.15, -0.1) is 0 Å². The fourth-order valence-corrected chi connectivity index (χ4v) is 1.76. The van der Waals surface area contributed by atoms with Crippen LogP contribution in [0.1, 0.15) is 6.92 Å². The van der Waals surface area contributed by atoms with Gasteiger partial charge in [0.05, 0.1) is 5.52 Å². The molecule has 1 aromatic carbocycles. The second-order valence-electron chi connectivity index (χ2n) is 3.68. The summed E-state index contributed by atoms with van der Waals surface area (Å²) in [6.45, 7) is 2.81. The molecule has 0 spiro atoms. The summed E-state index contributed by atoms with van der Waals surface area (Å²) in [5.41, 5.74) is 10.6. The van der Waals surface area contributed by atoms with Crippen molar-refractivity contribution >= 4 is 28.2 Å². The lowest BCUT2D eigenvalue weighted by molar-refractivity contribution is 0.821. The fraction of sp³-hybridized carbons (Fsp3) is 0.167. The average Bonchev–Trinajstić information content (AvgIpc) is 2.63. The van der Waals surface area contributed by atoms with E-state index in [1.807, 2.05) is 31.3 Å². The quantitative estimate of drug-likeness (QED) is 0.773. The highest BCUT2D eigenvalue weighted by atomic mass is 35.5. The summed E-state index contributed by atoms with van der Waals surface area (Å²) in [5, 5.41) is 1.10. The molecule has 0 aliphatic carbocycles. The van der Waals surface area contributed by atoms with E-state index in [1.165, 1.54) is 0 Å². The lowest BCUT2D eigenvalue weighted by atomic mass is 10.2. The predicted octanol–water partition coefficient (Wildman–Crippen LogP) is 3.37. The van der Waals surface area contributed by atoms with E-state index in [2.05, 4.69) is 10.6 Å². The first-order valence-electron chi connectivity index (χ1n) is 4.81. The standard InChI is InChI=1S/C12H13ClN2/c1-9(7-13)8-15-6-5-10-11(14)3-2-4-12(10)15/h2-7H,8,14H2,1H3/b9-7+. The molecule has 2 aromatic rings. The Balaban J connectivity index is 2.50. The van der Waals surface area contributed by atoms with E-state index in [0.29, 0.717) is 0 Å². The largest absolute Gasteiger partial charge is 0.398 e. The number of anilines is 1. The monoisotopic (exact) mass is 220 g/mol. The molecule has 0 bridgehead atoms. The van der Waals surface area contributed by atoms with Crippen LogP contribution in [-0.2, 0) is 6.54 Å². The van der Waals surface area contributed by atoms with Crippen LogP contribution in [0.25, 0.3) is 10.9 Å². The first-order valence-corrected chi connectivity index (χ1v) is 5.25. The van der Waals surface area contributed by atoms with Crippen molar-refractivity contribution in [3.63, 3.8) is 0 Å². The minimum absolute atomic E-state index is 0.802. The van der Waals surface area contributed by atoms with Crippen molar-refractivity contribution in [1.29, 1.82) is 0 Å². The van der Waals surface area contributed by atoms with E-state index < -0.39 is 0 Å². The van der Waals surface area contributed by atoms with Gasteiger partial charge in [-0.05, 0) is 30.7 Å². The molecule has 0 saturated carbocycles. The third-order valence-electron chi connectivity index (χ3n) is 2.45. The Bertz CT molecular complexity index is 511. The summed E-state index contributed by atoms with van der Waals surface area (Å²) in [7, 11) is 0. The van der Waals surface area contributed by atoms with Crippen molar-refractivity contribution in [1.82, 2.24) is 4.57 Å². The summed E-state index contributed by atoms with van der Waals surface area (Å²) in [6.07, 6.45) is 2.03. The summed E-state index contributed by atoms with van der Waals surface area (Å²) >= 11 is 5.65. The molecule has 0 aliphatic rings. The number of nitrogens with two attached hydrogens (primary N) is 1. The van der Waals surface area contributed by atoms with Gasteiger partial charge in [0.25, 0.3) is 0 Å². The Morgan fingerprint density at radius 3 is 3.00 bits per heavy atom. The van der Waals surface area contributed by atoms with Crippen LogP contribution in [0.4, 0.5) is 5.69 Å². The molecule has 0 saturated heterocycles. The minimum atomic E-state index is 0.802. The first kappa shape index (κ1) is 10.1. The Morgan fingerprint density at radius 2 is 2.27 bits per heavy atom. The van der Waals surface area contributed by atoms with Crippen LogP contribution in [-0.4, -0.2) is 4.57 Å². The van der Waals surface area contributed by atoms with Gasteiger partial charge >= 0.3 is 0 Å². The molecule has 2 N–H and O–H groups in total. The zero-order valence-electron chi connectivity index (χ0n) is 8.57. The van der Waals surface area contributed by atoms with Gasteiger partial charge in [0, 0.05) is 29.4 Å². The molecule has 1 aromatic heterocycles. The molecule has 0 atom stereocenters. The number of halogens is 1. The van der Waals surface area contributed by atoms with Gasteiger partial charge in [0.15, 0.2) is 0 Å².